The molecular formula is C18H28N2O4. The summed E-state index contributed by atoms with van der Waals surface area (Å²) in [6.07, 6.45) is 1.52. The number of rotatable bonds is 8. The van der Waals surface area contributed by atoms with E-state index in [1.165, 1.54) is 0 Å². The standard InChI is InChI=1S/C18H28N2O4/c1-18(2,3)24-16(21)15(19)11-7-8-12-20-17(22)23-13-14-9-5-4-6-10-14/h4-6,9-10,15H,7-8,11-13,19H2,1-3H3,(H,20,22)/t15-/m1/s1. The van der Waals surface area contributed by atoms with Crippen molar-refractivity contribution in [1.29, 1.82) is 0 Å². The lowest BCUT2D eigenvalue weighted by atomic mass is 10.1. The van der Waals surface area contributed by atoms with Crippen molar-refractivity contribution < 1.29 is 19.1 Å². The number of amides is 1. The zero-order valence-electron chi connectivity index (χ0n) is 14.7. The van der Waals surface area contributed by atoms with Crippen LogP contribution in [0.3, 0.4) is 0 Å². The molecule has 0 unspecified atom stereocenters. The summed E-state index contributed by atoms with van der Waals surface area (Å²) >= 11 is 0. The molecule has 0 fully saturated rings. The van der Waals surface area contributed by atoms with Gasteiger partial charge in [-0.2, -0.15) is 0 Å². The van der Waals surface area contributed by atoms with E-state index in [1.807, 2.05) is 51.1 Å². The zero-order valence-corrected chi connectivity index (χ0v) is 14.7. The van der Waals surface area contributed by atoms with Crippen molar-refractivity contribution in [2.75, 3.05) is 6.54 Å². The van der Waals surface area contributed by atoms with E-state index in [-0.39, 0.29) is 6.61 Å². The summed E-state index contributed by atoms with van der Waals surface area (Å²) in [4.78, 5) is 23.3. The van der Waals surface area contributed by atoms with Gasteiger partial charge in [-0.3, -0.25) is 4.79 Å². The maximum absolute atomic E-state index is 11.7. The van der Waals surface area contributed by atoms with Gasteiger partial charge in [0.15, 0.2) is 0 Å². The summed E-state index contributed by atoms with van der Waals surface area (Å²) < 4.78 is 10.3. The topological polar surface area (TPSA) is 90.6 Å². The zero-order chi connectivity index (χ0) is 18.0. The third-order valence-corrected chi connectivity index (χ3v) is 3.13. The van der Waals surface area contributed by atoms with Gasteiger partial charge in [-0.1, -0.05) is 30.3 Å². The summed E-state index contributed by atoms with van der Waals surface area (Å²) in [7, 11) is 0. The highest BCUT2D eigenvalue weighted by molar-refractivity contribution is 5.75. The predicted octanol–water partition coefficient (Wildman–Crippen LogP) is 2.75. The number of unbranched alkanes of at least 4 members (excludes halogenated alkanes) is 1. The first-order valence-electron chi connectivity index (χ1n) is 8.21. The van der Waals surface area contributed by atoms with E-state index in [0.29, 0.717) is 13.0 Å². The highest BCUT2D eigenvalue weighted by Gasteiger charge is 2.21. The Balaban J connectivity index is 2.09. The SMILES string of the molecule is CC(C)(C)OC(=O)[C@H](N)CCCCNC(=O)OCc1ccccc1. The molecule has 0 aromatic heterocycles. The normalized spacial score (nSPS) is 12.3. The summed E-state index contributed by atoms with van der Waals surface area (Å²) in [6.45, 7) is 6.15. The third-order valence-electron chi connectivity index (χ3n) is 3.13. The number of benzene rings is 1. The third kappa shape index (κ3) is 9.15. The minimum Gasteiger partial charge on any atom is -0.459 e. The smallest absolute Gasteiger partial charge is 0.407 e. The molecule has 3 N–H and O–H groups in total. The van der Waals surface area contributed by atoms with Gasteiger partial charge in [0.05, 0.1) is 0 Å². The number of alkyl carbamates (subject to hydrolysis) is 1. The lowest BCUT2D eigenvalue weighted by Gasteiger charge is -2.22. The predicted molar refractivity (Wildman–Crippen MR) is 92.3 cm³/mol. The van der Waals surface area contributed by atoms with Crippen molar-refractivity contribution >= 4 is 12.1 Å². The fourth-order valence-corrected chi connectivity index (χ4v) is 1.95. The molecule has 0 bridgehead atoms. The number of ether oxygens (including phenoxy) is 2. The average molecular weight is 336 g/mol. The van der Waals surface area contributed by atoms with E-state index in [4.69, 9.17) is 15.2 Å². The van der Waals surface area contributed by atoms with Gasteiger partial charge < -0.3 is 20.5 Å². The Labute approximate surface area is 143 Å². The molecule has 1 rings (SSSR count). The monoisotopic (exact) mass is 336 g/mol. The van der Waals surface area contributed by atoms with Crippen LogP contribution in [0, 0.1) is 0 Å². The van der Waals surface area contributed by atoms with Crippen LogP contribution in [0.4, 0.5) is 4.79 Å². The second kappa shape index (κ2) is 9.93. The number of carbonyl (C=O) groups is 2. The summed E-state index contributed by atoms with van der Waals surface area (Å²) in [5.74, 6) is -0.391. The van der Waals surface area contributed by atoms with Gasteiger partial charge >= 0.3 is 12.1 Å². The van der Waals surface area contributed by atoms with Crippen LogP contribution in [-0.2, 0) is 20.9 Å². The minimum absolute atomic E-state index is 0.246. The van der Waals surface area contributed by atoms with Crippen LogP contribution >= 0.6 is 0 Å². The van der Waals surface area contributed by atoms with Crippen molar-refractivity contribution in [3.63, 3.8) is 0 Å². The first-order chi connectivity index (χ1) is 11.3. The second-order valence-electron chi connectivity index (χ2n) is 6.62. The molecule has 134 valence electrons. The van der Waals surface area contributed by atoms with Crippen LogP contribution in [-0.4, -0.2) is 30.3 Å². The molecule has 6 nitrogen and oxygen atoms in total. The summed E-state index contributed by atoms with van der Waals surface area (Å²) in [5.41, 5.74) is 6.20. The maximum Gasteiger partial charge on any atom is 0.407 e. The highest BCUT2D eigenvalue weighted by atomic mass is 16.6. The Morgan fingerprint density at radius 2 is 1.83 bits per heavy atom. The van der Waals surface area contributed by atoms with Crippen LogP contribution in [0.1, 0.15) is 45.6 Å². The molecule has 0 radical (unpaired) electrons. The van der Waals surface area contributed by atoms with Crippen LogP contribution < -0.4 is 11.1 Å². The first kappa shape index (κ1) is 20.0. The van der Waals surface area contributed by atoms with Crippen molar-refractivity contribution in [2.45, 2.75) is 58.3 Å². The highest BCUT2D eigenvalue weighted by Crippen LogP contribution is 2.10. The molecule has 1 atom stereocenters. The van der Waals surface area contributed by atoms with Crippen LogP contribution in [0.5, 0.6) is 0 Å². The van der Waals surface area contributed by atoms with Gasteiger partial charge in [-0.25, -0.2) is 4.79 Å². The van der Waals surface area contributed by atoms with Crippen LogP contribution in [0.2, 0.25) is 0 Å². The van der Waals surface area contributed by atoms with Gasteiger partial charge in [0.1, 0.15) is 18.2 Å². The van der Waals surface area contributed by atoms with E-state index < -0.39 is 23.7 Å². The molecule has 1 aromatic rings. The Morgan fingerprint density at radius 1 is 1.17 bits per heavy atom. The Kier molecular flexibility index (Phi) is 8.26. The van der Waals surface area contributed by atoms with Crippen molar-refractivity contribution in [3.05, 3.63) is 35.9 Å². The van der Waals surface area contributed by atoms with Gasteiger partial charge in [0.2, 0.25) is 0 Å². The molecule has 0 aliphatic rings. The first-order valence-corrected chi connectivity index (χ1v) is 8.21. The van der Waals surface area contributed by atoms with Crippen LogP contribution in [0.25, 0.3) is 0 Å². The molecular weight excluding hydrogens is 308 g/mol. The van der Waals surface area contributed by atoms with E-state index >= 15 is 0 Å². The molecule has 0 aliphatic heterocycles. The molecule has 0 saturated heterocycles. The second-order valence-corrected chi connectivity index (χ2v) is 6.62. The van der Waals surface area contributed by atoms with E-state index in [9.17, 15) is 9.59 Å². The maximum atomic E-state index is 11.7. The molecule has 0 aliphatic carbocycles. The minimum atomic E-state index is -0.630. The lowest BCUT2D eigenvalue weighted by molar-refractivity contribution is -0.156. The fraction of sp³-hybridized carbons (Fsp3) is 0.556. The van der Waals surface area contributed by atoms with E-state index in [0.717, 1.165) is 18.4 Å². The van der Waals surface area contributed by atoms with Gasteiger partial charge in [-0.05, 0) is 45.6 Å². The van der Waals surface area contributed by atoms with Crippen molar-refractivity contribution in [2.24, 2.45) is 5.73 Å². The Morgan fingerprint density at radius 3 is 2.46 bits per heavy atom. The number of hydrogen-bond acceptors (Lipinski definition) is 5. The van der Waals surface area contributed by atoms with E-state index in [2.05, 4.69) is 5.32 Å². The quantitative estimate of drug-likeness (QED) is 0.563. The van der Waals surface area contributed by atoms with Crippen molar-refractivity contribution in [1.82, 2.24) is 5.32 Å². The number of carbonyl (C=O) groups excluding carboxylic acids is 2. The molecule has 1 amide bonds. The van der Waals surface area contributed by atoms with E-state index in [1.54, 1.807) is 0 Å². The largest absolute Gasteiger partial charge is 0.459 e. The molecule has 6 heteroatoms. The average Bonchev–Trinajstić information content (AvgIpc) is 2.51. The Bertz CT molecular complexity index is 512. The van der Waals surface area contributed by atoms with Gasteiger partial charge in [-0.15, -0.1) is 0 Å². The molecule has 1 aromatic carbocycles. The molecule has 0 spiro atoms. The van der Waals surface area contributed by atoms with Gasteiger partial charge in [0, 0.05) is 6.54 Å². The summed E-state index contributed by atoms with van der Waals surface area (Å²) in [5, 5.41) is 2.68. The lowest BCUT2D eigenvalue weighted by Crippen LogP contribution is -2.37. The molecule has 0 saturated carbocycles. The summed E-state index contributed by atoms with van der Waals surface area (Å²) in [6, 6.07) is 8.85. The fourth-order valence-electron chi connectivity index (χ4n) is 1.95. The Hall–Kier alpha value is -2.08. The molecule has 0 heterocycles. The number of hydrogen-bond donors (Lipinski definition) is 2. The van der Waals surface area contributed by atoms with Crippen molar-refractivity contribution in [3.8, 4) is 0 Å². The van der Waals surface area contributed by atoms with Crippen LogP contribution in [0.15, 0.2) is 30.3 Å². The van der Waals surface area contributed by atoms with Gasteiger partial charge in [0.25, 0.3) is 0 Å². The number of esters is 1. The molecule has 24 heavy (non-hydrogen) atoms. The number of nitrogens with one attached hydrogen (secondary N) is 1. The number of nitrogens with two attached hydrogens (primary N) is 1.